The van der Waals surface area contributed by atoms with Crippen LogP contribution in [0.2, 0.25) is 0 Å². The van der Waals surface area contributed by atoms with Crippen LogP contribution in [0.3, 0.4) is 0 Å². The molecule has 1 aliphatic carbocycles. The summed E-state index contributed by atoms with van der Waals surface area (Å²) < 4.78 is 0. The van der Waals surface area contributed by atoms with Crippen LogP contribution in [-0.4, -0.2) is 0 Å². The smallest absolute Gasteiger partial charge is 0.0622 e. The fourth-order valence-corrected chi connectivity index (χ4v) is 5.67. The highest BCUT2D eigenvalue weighted by molar-refractivity contribution is 5.93. The topological polar surface area (TPSA) is 0 Å². The molecule has 0 aromatic heterocycles. The molecule has 0 heteroatoms. The molecule has 0 nitrogen and oxygen atoms in total. The predicted molar refractivity (Wildman–Crippen MR) is 134 cm³/mol. The molecule has 0 atom stereocenters. The van der Waals surface area contributed by atoms with Gasteiger partial charge in [0.05, 0.1) is 5.41 Å². The van der Waals surface area contributed by atoms with Crippen LogP contribution in [0.5, 0.6) is 0 Å². The average Bonchev–Trinajstić information content (AvgIpc) is 3.18. The van der Waals surface area contributed by atoms with Crippen LogP contribution in [0.4, 0.5) is 0 Å². The second-order valence-electron chi connectivity index (χ2n) is 8.57. The first-order valence-electron chi connectivity index (χ1n) is 11.2. The first kappa shape index (κ1) is 18.8. The van der Waals surface area contributed by atoms with Crippen LogP contribution >= 0.6 is 0 Å². The molecule has 0 N–H and O–H groups in total. The summed E-state index contributed by atoms with van der Waals surface area (Å²) >= 11 is 0. The van der Waals surface area contributed by atoms with Gasteiger partial charge in [0.2, 0.25) is 0 Å². The van der Waals surface area contributed by atoms with Crippen LogP contribution in [0.15, 0.2) is 127 Å². The number of rotatable bonds is 3. The number of fused-ring (bicyclic) bond motifs is 3. The van der Waals surface area contributed by atoms with E-state index in [-0.39, 0.29) is 5.41 Å². The molecular weight excluding hydrogens is 384 g/mol. The third-order valence-electron chi connectivity index (χ3n) is 6.88. The number of hydrogen-bond donors (Lipinski definition) is 0. The van der Waals surface area contributed by atoms with E-state index >= 15 is 0 Å². The Bertz CT molecular complexity index is 1360. The second kappa shape index (κ2) is 7.35. The van der Waals surface area contributed by atoms with Crippen LogP contribution in [-0.2, 0) is 5.41 Å². The van der Waals surface area contributed by atoms with Crippen molar-refractivity contribution in [3.05, 3.63) is 155 Å². The van der Waals surface area contributed by atoms with Crippen molar-refractivity contribution < 1.29 is 0 Å². The third kappa shape index (κ3) is 2.56. The van der Waals surface area contributed by atoms with E-state index in [2.05, 4.69) is 134 Å². The van der Waals surface area contributed by atoms with Crippen LogP contribution < -0.4 is 0 Å². The van der Waals surface area contributed by atoms with E-state index in [9.17, 15) is 0 Å². The van der Waals surface area contributed by atoms with E-state index in [0.29, 0.717) is 0 Å². The first-order valence-corrected chi connectivity index (χ1v) is 11.2. The predicted octanol–water partition coefficient (Wildman–Crippen LogP) is 8.03. The maximum atomic E-state index is 2.30. The Morgan fingerprint density at radius 1 is 0.406 bits per heavy atom. The summed E-state index contributed by atoms with van der Waals surface area (Å²) in [4.78, 5) is 0. The lowest BCUT2D eigenvalue weighted by molar-refractivity contribution is 0.764. The molecule has 32 heavy (non-hydrogen) atoms. The normalized spacial score (nSPS) is 13.4. The summed E-state index contributed by atoms with van der Waals surface area (Å²) in [6.45, 7) is 2.26. The first-order chi connectivity index (χ1) is 15.8. The minimum Gasteiger partial charge on any atom is -0.0622 e. The zero-order valence-corrected chi connectivity index (χ0v) is 18.1. The number of aryl methyl sites for hydroxylation is 1. The largest absolute Gasteiger partial charge is 0.0722 e. The number of hydrogen-bond acceptors (Lipinski definition) is 0. The van der Waals surface area contributed by atoms with Gasteiger partial charge in [-0.1, -0.05) is 127 Å². The Morgan fingerprint density at radius 3 is 1.47 bits per heavy atom. The maximum absolute atomic E-state index is 2.30. The minimum atomic E-state index is -0.370. The van der Waals surface area contributed by atoms with Crippen LogP contribution in [0.25, 0.3) is 22.3 Å². The minimum absolute atomic E-state index is 0.370. The molecule has 5 aromatic carbocycles. The van der Waals surface area contributed by atoms with Gasteiger partial charge in [-0.25, -0.2) is 0 Å². The lowest BCUT2D eigenvalue weighted by atomic mass is 9.65. The number of benzene rings is 5. The lowest BCUT2D eigenvalue weighted by Gasteiger charge is -2.36. The van der Waals surface area contributed by atoms with Crippen molar-refractivity contribution in [2.45, 2.75) is 12.3 Å². The van der Waals surface area contributed by atoms with Crippen LogP contribution in [0, 0.1) is 6.92 Å². The van der Waals surface area contributed by atoms with Crippen molar-refractivity contribution in [2.24, 2.45) is 0 Å². The van der Waals surface area contributed by atoms with Gasteiger partial charge in [-0.15, -0.1) is 0 Å². The van der Waals surface area contributed by atoms with Gasteiger partial charge in [0.15, 0.2) is 0 Å². The van der Waals surface area contributed by atoms with E-state index in [1.54, 1.807) is 0 Å². The Labute approximate surface area is 189 Å². The Balaban J connectivity index is 1.85. The molecule has 0 amide bonds. The van der Waals surface area contributed by atoms with Gasteiger partial charge in [0.1, 0.15) is 0 Å². The van der Waals surface area contributed by atoms with Crippen molar-refractivity contribution >= 4 is 0 Å². The van der Waals surface area contributed by atoms with Gasteiger partial charge in [0.25, 0.3) is 0 Å². The average molecular weight is 409 g/mol. The van der Waals surface area contributed by atoms with Gasteiger partial charge in [-0.05, 0) is 57.0 Å². The van der Waals surface area contributed by atoms with Crippen molar-refractivity contribution in [1.82, 2.24) is 0 Å². The summed E-state index contributed by atoms with van der Waals surface area (Å²) in [5.74, 6) is 0. The molecule has 0 saturated heterocycles. The SMILES string of the molecule is Cc1cccc2c1C(c1ccccc1)(c1ccccc1)c1c(-c3ccccc3)cccc1-2. The molecule has 0 aliphatic heterocycles. The Hall–Kier alpha value is -3.90. The second-order valence-corrected chi connectivity index (χ2v) is 8.57. The molecule has 0 heterocycles. The zero-order valence-electron chi connectivity index (χ0n) is 18.1. The molecule has 0 bridgehead atoms. The summed E-state index contributed by atoms with van der Waals surface area (Å²) in [5, 5.41) is 0. The van der Waals surface area contributed by atoms with E-state index in [4.69, 9.17) is 0 Å². The van der Waals surface area contributed by atoms with E-state index in [1.807, 2.05) is 0 Å². The lowest BCUT2D eigenvalue weighted by Crippen LogP contribution is -2.30. The summed E-state index contributed by atoms with van der Waals surface area (Å²) in [6.07, 6.45) is 0. The highest BCUT2D eigenvalue weighted by Gasteiger charge is 2.48. The van der Waals surface area contributed by atoms with E-state index in [0.717, 1.165) is 0 Å². The van der Waals surface area contributed by atoms with Crippen LogP contribution in [0.1, 0.15) is 27.8 Å². The fourth-order valence-electron chi connectivity index (χ4n) is 5.67. The molecular formula is C32H24. The molecule has 0 unspecified atom stereocenters. The monoisotopic (exact) mass is 408 g/mol. The van der Waals surface area contributed by atoms with E-state index in [1.165, 1.54) is 50.1 Å². The van der Waals surface area contributed by atoms with Gasteiger partial charge in [-0.3, -0.25) is 0 Å². The molecule has 0 fully saturated rings. The van der Waals surface area contributed by atoms with Gasteiger partial charge in [0, 0.05) is 0 Å². The van der Waals surface area contributed by atoms with Crippen molar-refractivity contribution in [2.75, 3.05) is 0 Å². The molecule has 0 radical (unpaired) electrons. The standard InChI is InChI=1S/C32H24/c1-23-13-11-21-28-29-22-12-20-27(24-14-5-2-6-15-24)31(29)32(30(23)28,25-16-7-3-8-17-25)26-18-9-4-10-19-26/h2-22H,1H3. The molecule has 152 valence electrons. The van der Waals surface area contributed by atoms with Gasteiger partial charge < -0.3 is 0 Å². The highest BCUT2D eigenvalue weighted by atomic mass is 14.5. The fraction of sp³-hybridized carbons (Fsp3) is 0.0625. The molecule has 6 rings (SSSR count). The zero-order chi connectivity index (χ0) is 21.5. The van der Waals surface area contributed by atoms with Crippen molar-refractivity contribution in [3.8, 4) is 22.3 Å². The molecule has 5 aromatic rings. The highest BCUT2D eigenvalue weighted by Crippen LogP contribution is 2.59. The van der Waals surface area contributed by atoms with Crippen molar-refractivity contribution in [1.29, 1.82) is 0 Å². The van der Waals surface area contributed by atoms with Crippen molar-refractivity contribution in [3.63, 3.8) is 0 Å². The molecule has 1 aliphatic rings. The van der Waals surface area contributed by atoms with E-state index < -0.39 is 0 Å². The Morgan fingerprint density at radius 2 is 0.875 bits per heavy atom. The maximum Gasteiger partial charge on any atom is 0.0722 e. The third-order valence-corrected chi connectivity index (χ3v) is 6.88. The van der Waals surface area contributed by atoms with Gasteiger partial charge >= 0.3 is 0 Å². The molecule has 0 spiro atoms. The summed E-state index contributed by atoms with van der Waals surface area (Å²) in [5.41, 5.74) is 11.6. The molecule has 0 saturated carbocycles. The quantitative estimate of drug-likeness (QED) is 0.278. The van der Waals surface area contributed by atoms with Gasteiger partial charge in [-0.2, -0.15) is 0 Å². The summed E-state index contributed by atoms with van der Waals surface area (Å²) in [6, 6.07) is 46.4. The summed E-state index contributed by atoms with van der Waals surface area (Å²) in [7, 11) is 0. The Kier molecular flexibility index (Phi) is 4.33.